The normalized spacial score (nSPS) is 17.8. The van der Waals surface area contributed by atoms with Crippen molar-refractivity contribution in [3.8, 4) is 11.5 Å². The molecule has 2 aliphatic rings. The van der Waals surface area contributed by atoms with Crippen LogP contribution in [0.3, 0.4) is 0 Å². The van der Waals surface area contributed by atoms with Crippen molar-refractivity contribution in [2.75, 3.05) is 31.3 Å². The van der Waals surface area contributed by atoms with E-state index in [1.54, 1.807) is 0 Å². The van der Waals surface area contributed by atoms with Crippen molar-refractivity contribution >= 4 is 16.6 Å². The maximum Gasteiger partial charge on any atom is 0.231 e. The summed E-state index contributed by atoms with van der Waals surface area (Å²) in [5.41, 5.74) is 5.68. The molecule has 1 saturated heterocycles. The Morgan fingerprint density at radius 1 is 1.26 bits per heavy atom. The first-order valence-corrected chi connectivity index (χ1v) is 6.48. The van der Waals surface area contributed by atoms with E-state index in [0.717, 1.165) is 47.7 Å². The minimum absolute atomic E-state index is 0.299. The number of hydrogen-bond acceptors (Lipinski definition) is 5. The number of rotatable bonds is 2. The van der Waals surface area contributed by atoms with Crippen LogP contribution in [-0.2, 0) is 0 Å². The number of fused-ring (bicyclic) bond motifs is 2. The minimum Gasteiger partial charge on any atom is -0.454 e. The standard InChI is InChI=1S/C14H15N3O2/c15-5-9-6-17(7-9)14-11-4-13-12(18-8-19-13)3-10(11)1-2-16-14/h1-4,9H,5-8,15H2. The summed E-state index contributed by atoms with van der Waals surface area (Å²) >= 11 is 0. The molecule has 0 aliphatic carbocycles. The molecule has 98 valence electrons. The Morgan fingerprint density at radius 3 is 2.84 bits per heavy atom. The minimum atomic E-state index is 0.299. The molecule has 3 heterocycles. The average Bonchev–Trinajstić information content (AvgIpc) is 2.82. The van der Waals surface area contributed by atoms with Gasteiger partial charge >= 0.3 is 0 Å². The summed E-state index contributed by atoms with van der Waals surface area (Å²) < 4.78 is 10.9. The zero-order valence-electron chi connectivity index (χ0n) is 10.5. The second-order valence-electron chi connectivity index (χ2n) is 5.07. The van der Waals surface area contributed by atoms with Crippen LogP contribution in [0.2, 0.25) is 0 Å². The number of pyridine rings is 1. The molecule has 0 radical (unpaired) electrons. The zero-order chi connectivity index (χ0) is 12.8. The van der Waals surface area contributed by atoms with Crippen LogP contribution in [0, 0.1) is 5.92 Å². The molecule has 0 unspecified atom stereocenters. The van der Waals surface area contributed by atoms with Crippen LogP contribution in [0.1, 0.15) is 0 Å². The topological polar surface area (TPSA) is 60.6 Å². The van der Waals surface area contributed by atoms with Crippen LogP contribution in [0.4, 0.5) is 5.82 Å². The number of nitrogens with zero attached hydrogens (tertiary/aromatic N) is 2. The van der Waals surface area contributed by atoms with Crippen LogP contribution in [0.25, 0.3) is 10.8 Å². The van der Waals surface area contributed by atoms with Crippen molar-refractivity contribution in [1.82, 2.24) is 4.98 Å². The molecule has 0 spiro atoms. The highest BCUT2D eigenvalue weighted by Gasteiger charge is 2.28. The van der Waals surface area contributed by atoms with Crippen LogP contribution in [-0.4, -0.2) is 31.4 Å². The van der Waals surface area contributed by atoms with Crippen molar-refractivity contribution in [2.45, 2.75) is 0 Å². The van der Waals surface area contributed by atoms with Crippen LogP contribution in [0.5, 0.6) is 11.5 Å². The summed E-state index contributed by atoms with van der Waals surface area (Å²) in [5.74, 6) is 3.22. The Balaban J connectivity index is 1.79. The highest BCUT2D eigenvalue weighted by atomic mass is 16.7. The van der Waals surface area contributed by atoms with Gasteiger partial charge in [-0.15, -0.1) is 0 Å². The summed E-state index contributed by atoms with van der Waals surface area (Å²) in [6.45, 7) is 3.01. The molecule has 1 aromatic carbocycles. The summed E-state index contributed by atoms with van der Waals surface area (Å²) in [5, 5.41) is 2.24. The number of nitrogens with two attached hydrogens (primary N) is 1. The molecule has 1 aromatic heterocycles. The van der Waals surface area contributed by atoms with Gasteiger partial charge in [-0.1, -0.05) is 0 Å². The number of anilines is 1. The van der Waals surface area contributed by atoms with Gasteiger partial charge in [0.2, 0.25) is 6.79 Å². The third-order valence-electron chi connectivity index (χ3n) is 3.83. The molecular formula is C14H15N3O2. The SMILES string of the molecule is NCC1CN(c2nccc3cc4c(cc23)OCO4)C1. The average molecular weight is 257 g/mol. The quantitative estimate of drug-likeness (QED) is 0.880. The summed E-state index contributed by atoms with van der Waals surface area (Å²) in [6, 6.07) is 6.04. The number of hydrogen-bond donors (Lipinski definition) is 1. The lowest BCUT2D eigenvalue weighted by Crippen LogP contribution is -2.50. The lowest BCUT2D eigenvalue weighted by Gasteiger charge is -2.40. The lowest BCUT2D eigenvalue weighted by atomic mass is 9.99. The van der Waals surface area contributed by atoms with Gasteiger partial charge in [-0.25, -0.2) is 4.98 Å². The Kier molecular flexibility index (Phi) is 2.29. The van der Waals surface area contributed by atoms with E-state index in [-0.39, 0.29) is 0 Å². The predicted molar refractivity (Wildman–Crippen MR) is 72.6 cm³/mol. The fourth-order valence-electron chi connectivity index (χ4n) is 2.69. The van der Waals surface area contributed by atoms with E-state index in [0.29, 0.717) is 12.7 Å². The second-order valence-corrected chi connectivity index (χ2v) is 5.07. The van der Waals surface area contributed by atoms with Crippen LogP contribution < -0.4 is 20.1 Å². The zero-order valence-corrected chi connectivity index (χ0v) is 10.5. The number of benzene rings is 1. The van der Waals surface area contributed by atoms with Gasteiger partial charge in [0.25, 0.3) is 0 Å². The maximum atomic E-state index is 5.68. The molecule has 2 aromatic rings. The molecule has 0 saturated carbocycles. The summed E-state index contributed by atoms with van der Waals surface area (Å²) in [6.07, 6.45) is 1.84. The van der Waals surface area contributed by atoms with Crippen molar-refractivity contribution in [2.24, 2.45) is 11.7 Å². The van der Waals surface area contributed by atoms with Crippen molar-refractivity contribution in [3.05, 3.63) is 24.4 Å². The first-order chi connectivity index (χ1) is 9.35. The number of aromatic nitrogens is 1. The molecule has 5 nitrogen and oxygen atoms in total. The van der Waals surface area contributed by atoms with Gasteiger partial charge in [-0.05, 0) is 30.1 Å². The van der Waals surface area contributed by atoms with Gasteiger partial charge in [-0.3, -0.25) is 0 Å². The van der Waals surface area contributed by atoms with Gasteiger partial charge in [0.15, 0.2) is 11.5 Å². The predicted octanol–water partition coefficient (Wildman–Crippen LogP) is 1.36. The highest BCUT2D eigenvalue weighted by Crippen LogP contribution is 2.39. The first-order valence-electron chi connectivity index (χ1n) is 6.48. The molecule has 2 N–H and O–H groups in total. The Morgan fingerprint density at radius 2 is 2.05 bits per heavy atom. The molecule has 5 heteroatoms. The summed E-state index contributed by atoms with van der Waals surface area (Å²) in [4.78, 5) is 6.78. The van der Waals surface area contributed by atoms with E-state index in [4.69, 9.17) is 15.2 Å². The Bertz CT molecular complexity index is 638. The van der Waals surface area contributed by atoms with Crippen LogP contribution in [0.15, 0.2) is 24.4 Å². The molecular weight excluding hydrogens is 242 g/mol. The second kappa shape index (κ2) is 3.99. The fraction of sp³-hybridized carbons (Fsp3) is 0.357. The van der Waals surface area contributed by atoms with Gasteiger partial charge in [-0.2, -0.15) is 0 Å². The first kappa shape index (κ1) is 10.9. The monoisotopic (exact) mass is 257 g/mol. The lowest BCUT2D eigenvalue weighted by molar-refractivity contribution is 0.174. The molecule has 1 fully saturated rings. The molecule has 0 atom stereocenters. The summed E-state index contributed by atoms with van der Waals surface area (Å²) in [7, 11) is 0. The largest absolute Gasteiger partial charge is 0.454 e. The number of ether oxygens (including phenoxy) is 2. The van der Waals surface area contributed by atoms with E-state index in [1.165, 1.54) is 0 Å². The van der Waals surface area contributed by atoms with Gasteiger partial charge < -0.3 is 20.1 Å². The van der Waals surface area contributed by atoms with Gasteiger partial charge in [0.1, 0.15) is 5.82 Å². The third-order valence-corrected chi connectivity index (χ3v) is 3.83. The Hall–Kier alpha value is -2.01. The molecule has 0 bridgehead atoms. The van der Waals surface area contributed by atoms with Gasteiger partial charge in [0, 0.05) is 30.6 Å². The smallest absolute Gasteiger partial charge is 0.231 e. The van der Waals surface area contributed by atoms with E-state index >= 15 is 0 Å². The van der Waals surface area contributed by atoms with E-state index < -0.39 is 0 Å². The molecule has 2 aliphatic heterocycles. The van der Waals surface area contributed by atoms with Crippen LogP contribution >= 0.6 is 0 Å². The molecule has 4 rings (SSSR count). The highest BCUT2D eigenvalue weighted by molar-refractivity contribution is 5.95. The maximum absolute atomic E-state index is 5.68. The van der Waals surface area contributed by atoms with E-state index in [2.05, 4.69) is 9.88 Å². The van der Waals surface area contributed by atoms with Crippen molar-refractivity contribution in [3.63, 3.8) is 0 Å². The van der Waals surface area contributed by atoms with E-state index in [9.17, 15) is 0 Å². The Labute approximate surface area is 110 Å². The van der Waals surface area contributed by atoms with Gasteiger partial charge in [0.05, 0.1) is 0 Å². The molecule has 0 amide bonds. The van der Waals surface area contributed by atoms with Crippen molar-refractivity contribution in [1.29, 1.82) is 0 Å². The third kappa shape index (κ3) is 1.62. The fourth-order valence-corrected chi connectivity index (χ4v) is 2.69. The van der Waals surface area contributed by atoms with E-state index in [1.807, 2.05) is 24.4 Å². The molecule has 19 heavy (non-hydrogen) atoms. The van der Waals surface area contributed by atoms with Crippen molar-refractivity contribution < 1.29 is 9.47 Å².